The number of hydrogen-bond acceptors (Lipinski definition) is 3. The lowest BCUT2D eigenvalue weighted by atomic mass is 9.82. The molecule has 2 atom stereocenters. The van der Waals surface area contributed by atoms with Crippen molar-refractivity contribution in [3.8, 4) is 0 Å². The van der Waals surface area contributed by atoms with E-state index in [4.69, 9.17) is 4.99 Å². The lowest BCUT2D eigenvalue weighted by molar-refractivity contribution is 0.299. The molecule has 1 aromatic rings. The SMILES string of the molecule is CCNC(=NCCCS(=O)(=O)Cc1ccccc1)N1CC2CCCCC2C1.I. The van der Waals surface area contributed by atoms with E-state index >= 15 is 0 Å². The van der Waals surface area contributed by atoms with Crippen LogP contribution in [0, 0.1) is 11.8 Å². The standard InChI is InChI=1S/C21H33N3O2S.HI/c1-2-22-21(24-15-19-11-6-7-12-20(19)16-24)23-13-8-14-27(25,26)17-18-9-4-3-5-10-18;/h3-5,9-10,19-20H,2,6-8,11-17H2,1H3,(H,22,23);1H. The van der Waals surface area contributed by atoms with Crippen LogP contribution in [0.2, 0.25) is 0 Å². The molecular weight excluding hydrogens is 485 g/mol. The summed E-state index contributed by atoms with van der Waals surface area (Å²) in [6, 6.07) is 9.40. The van der Waals surface area contributed by atoms with E-state index in [1.165, 1.54) is 25.7 Å². The maximum atomic E-state index is 12.3. The number of likely N-dealkylation sites (tertiary alicyclic amines) is 1. The summed E-state index contributed by atoms with van der Waals surface area (Å²) in [5.41, 5.74) is 0.856. The van der Waals surface area contributed by atoms with Gasteiger partial charge in [-0.1, -0.05) is 43.2 Å². The summed E-state index contributed by atoms with van der Waals surface area (Å²) in [4.78, 5) is 7.12. The predicted molar refractivity (Wildman–Crippen MR) is 127 cm³/mol. The molecule has 0 bridgehead atoms. The maximum Gasteiger partial charge on any atom is 0.193 e. The molecule has 158 valence electrons. The van der Waals surface area contributed by atoms with Crippen molar-refractivity contribution in [1.82, 2.24) is 10.2 Å². The van der Waals surface area contributed by atoms with Crippen LogP contribution in [0.5, 0.6) is 0 Å². The largest absolute Gasteiger partial charge is 0.357 e. The molecule has 5 nitrogen and oxygen atoms in total. The molecule has 3 rings (SSSR count). The lowest BCUT2D eigenvalue weighted by Crippen LogP contribution is -2.40. The Hall–Kier alpha value is -0.830. The van der Waals surface area contributed by atoms with Crippen molar-refractivity contribution in [1.29, 1.82) is 0 Å². The maximum absolute atomic E-state index is 12.3. The van der Waals surface area contributed by atoms with Crippen LogP contribution < -0.4 is 5.32 Å². The number of rotatable bonds is 7. The molecule has 1 aliphatic carbocycles. The van der Waals surface area contributed by atoms with Crippen LogP contribution in [0.1, 0.15) is 44.6 Å². The number of aliphatic imine (C=N–C) groups is 1. The van der Waals surface area contributed by atoms with Crippen LogP contribution in [0.15, 0.2) is 35.3 Å². The van der Waals surface area contributed by atoms with Crippen LogP contribution in [-0.4, -0.2) is 51.2 Å². The second-order valence-electron chi connectivity index (χ2n) is 7.88. The van der Waals surface area contributed by atoms with Gasteiger partial charge in [-0.25, -0.2) is 8.42 Å². The summed E-state index contributed by atoms with van der Waals surface area (Å²) < 4.78 is 24.6. The number of nitrogens with one attached hydrogen (secondary N) is 1. The minimum atomic E-state index is -3.08. The van der Waals surface area contributed by atoms with Gasteiger partial charge in [0.2, 0.25) is 0 Å². The van der Waals surface area contributed by atoms with Gasteiger partial charge in [0.1, 0.15) is 0 Å². The minimum Gasteiger partial charge on any atom is -0.357 e. The quantitative estimate of drug-likeness (QED) is 0.258. The van der Waals surface area contributed by atoms with Crippen molar-refractivity contribution in [3.63, 3.8) is 0 Å². The zero-order valence-corrected chi connectivity index (χ0v) is 20.0. The highest BCUT2D eigenvalue weighted by molar-refractivity contribution is 14.0. The molecular formula is C21H34IN3O2S. The number of nitrogens with zero attached hydrogens (tertiary/aromatic N) is 2. The second kappa shape index (κ2) is 11.4. The van der Waals surface area contributed by atoms with Crippen molar-refractivity contribution in [3.05, 3.63) is 35.9 Å². The van der Waals surface area contributed by atoms with Gasteiger partial charge in [0, 0.05) is 26.2 Å². The number of sulfone groups is 1. The third kappa shape index (κ3) is 6.90. The average molecular weight is 519 g/mol. The molecule has 0 spiro atoms. The van der Waals surface area contributed by atoms with Gasteiger partial charge < -0.3 is 10.2 Å². The van der Waals surface area contributed by atoms with E-state index in [0.29, 0.717) is 13.0 Å². The van der Waals surface area contributed by atoms with Gasteiger partial charge in [0.05, 0.1) is 11.5 Å². The van der Waals surface area contributed by atoms with E-state index in [1.807, 2.05) is 30.3 Å². The molecule has 28 heavy (non-hydrogen) atoms. The fraction of sp³-hybridized carbons (Fsp3) is 0.667. The van der Waals surface area contributed by atoms with Crippen LogP contribution in [0.25, 0.3) is 0 Å². The molecule has 1 heterocycles. The van der Waals surface area contributed by atoms with Crippen molar-refractivity contribution in [2.75, 3.05) is 31.9 Å². The molecule has 1 saturated carbocycles. The summed E-state index contributed by atoms with van der Waals surface area (Å²) in [5.74, 6) is 2.90. The Kier molecular flexibility index (Phi) is 9.53. The highest BCUT2D eigenvalue weighted by atomic mass is 127. The summed E-state index contributed by atoms with van der Waals surface area (Å²) >= 11 is 0. The Morgan fingerprint density at radius 3 is 2.39 bits per heavy atom. The normalized spacial score (nSPS) is 22.5. The molecule has 0 amide bonds. The van der Waals surface area contributed by atoms with Crippen LogP contribution in [-0.2, 0) is 15.6 Å². The van der Waals surface area contributed by atoms with Crippen LogP contribution in [0.4, 0.5) is 0 Å². The topological polar surface area (TPSA) is 61.8 Å². The number of fused-ring (bicyclic) bond motifs is 1. The van der Waals surface area contributed by atoms with Gasteiger partial charge in [-0.3, -0.25) is 4.99 Å². The first-order valence-corrected chi connectivity index (χ1v) is 12.2. The average Bonchev–Trinajstić information content (AvgIpc) is 3.08. The Labute approximate surface area is 187 Å². The van der Waals surface area contributed by atoms with E-state index in [0.717, 1.165) is 43.0 Å². The van der Waals surface area contributed by atoms with E-state index in [-0.39, 0.29) is 35.5 Å². The van der Waals surface area contributed by atoms with E-state index in [2.05, 4.69) is 17.1 Å². The predicted octanol–water partition coefficient (Wildman–Crippen LogP) is 3.70. The fourth-order valence-corrected chi connectivity index (χ4v) is 5.79. The summed E-state index contributed by atoms with van der Waals surface area (Å²) in [7, 11) is -3.08. The first-order chi connectivity index (χ1) is 13.1. The zero-order valence-electron chi connectivity index (χ0n) is 16.8. The first-order valence-electron chi connectivity index (χ1n) is 10.3. The van der Waals surface area contributed by atoms with E-state index in [9.17, 15) is 8.42 Å². The molecule has 2 aliphatic rings. The monoisotopic (exact) mass is 519 g/mol. The Balaban J connectivity index is 0.00000280. The molecule has 2 unspecified atom stereocenters. The molecule has 7 heteroatoms. The first kappa shape index (κ1) is 23.4. The smallest absolute Gasteiger partial charge is 0.193 e. The molecule has 2 fully saturated rings. The Morgan fingerprint density at radius 1 is 1.14 bits per heavy atom. The molecule has 0 radical (unpaired) electrons. The number of halogens is 1. The lowest BCUT2D eigenvalue weighted by Gasteiger charge is -2.22. The highest BCUT2D eigenvalue weighted by Gasteiger charge is 2.35. The zero-order chi connectivity index (χ0) is 19.1. The van der Waals surface area contributed by atoms with Gasteiger partial charge in [0.25, 0.3) is 0 Å². The summed E-state index contributed by atoms with van der Waals surface area (Å²) in [6.07, 6.45) is 5.99. The van der Waals surface area contributed by atoms with Crippen molar-refractivity contribution >= 4 is 39.8 Å². The van der Waals surface area contributed by atoms with Crippen LogP contribution >= 0.6 is 24.0 Å². The fourth-order valence-electron chi connectivity index (χ4n) is 4.37. The van der Waals surface area contributed by atoms with Crippen molar-refractivity contribution in [2.45, 2.75) is 44.8 Å². The van der Waals surface area contributed by atoms with Gasteiger partial charge in [-0.05, 0) is 43.6 Å². The third-order valence-electron chi connectivity index (χ3n) is 5.72. The third-order valence-corrected chi connectivity index (χ3v) is 7.40. The Bertz CT molecular complexity index is 710. The molecule has 1 N–H and O–H groups in total. The van der Waals surface area contributed by atoms with Gasteiger partial charge in [-0.15, -0.1) is 24.0 Å². The van der Waals surface area contributed by atoms with Crippen molar-refractivity contribution < 1.29 is 8.42 Å². The minimum absolute atomic E-state index is 0. The molecule has 1 aliphatic heterocycles. The molecule has 0 aromatic heterocycles. The van der Waals surface area contributed by atoms with Gasteiger partial charge in [0.15, 0.2) is 15.8 Å². The molecule has 1 saturated heterocycles. The van der Waals surface area contributed by atoms with E-state index in [1.54, 1.807) is 0 Å². The van der Waals surface area contributed by atoms with Gasteiger partial charge in [-0.2, -0.15) is 0 Å². The summed E-state index contributed by atoms with van der Waals surface area (Å²) in [6.45, 7) is 5.69. The second-order valence-corrected chi connectivity index (χ2v) is 10.1. The number of benzene rings is 1. The Morgan fingerprint density at radius 2 is 1.79 bits per heavy atom. The molecule has 1 aromatic carbocycles. The van der Waals surface area contributed by atoms with Gasteiger partial charge >= 0.3 is 0 Å². The number of guanidine groups is 1. The van der Waals surface area contributed by atoms with Crippen LogP contribution in [0.3, 0.4) is 0 Å². The highest BCUT2D eigenvalue weighted by Crippen LogP contribution is 2.35. The van der Waals surface area contributed by atoms with E-state index < -0.39 is 9.84 Å². The van der Waals surface area contributed by atoms with Crippen molar-refractivity contribution in [2.24, 2.45) is 16.8 Å². The summed E-state index contributed by atoms with van der Waals surface area (Å²) in [5, 5.41) is 3.40. The number of hydrogen-bond donors (Lipinski definition) is 1.